The highest BCUT2D eigenvalue weighted by atomic mass is 35.5. The van der Waals surface area contributed by atoms with Gasteiger partial charge in [-0.25, -0.2) is 4.98 Å². The van der Waals surface area contributed by atoms with Gasteiger partial charge in [0.25, 0.3) is 5.56 Å². The molecule has 3 heterocycles. The van der Waals surface area contributed by atoms with Crippen molar-refractivity contribution in [2.75, 3.05) is 11.9 Å². The number of hydrogen-bond acceptors (Lipinski definition) is 6. The summed E-state index contributed by atoms with van der Waals surface area (Å²) in [5.74, 6) is 0.376. The van der Waals surface area contributed by atoms with E-state index in [0.29, 0.717) is 23.1 Å². The monoisotopic (exact) mass is 385 g/mol. The Balaban J connectivity index is 1.51. The van der Waals surface area contributed by atoms with Gasteiger partial charge in [-0.15, -0.1) is 0 Å². The number of aromatic nitrogens is 4. The number of pyridine rings is 2. The highest BCUT2D eigenvalue weighted by Gasteiger charge is 2.15. The van der Waals surface area contributed by atoms with Crippen molar-refractivity contribution in [3.63, 3.8) is 0 Å². The van der Waals surface area contributed by atoms with Crippen LogP contribution in [-0.2, 0) is 6.42 Å². The van der Waals surface area contributed by atoms with Crippen LogP contribution in [0.15, 0.2) is 53.8 Å². The van der Waals surface area contributed by atoms with E-state index >= 15 is 0 Å². The van der Waals surface area contributed by atoms with E-state index in [1.165, 1.54) is 6.20 Å². The number of aryl methyl sites for hydroxylation is 1. The fourth-order valence-corrected chi connectivity index (χ4v) is 2.86. The van der Waals surface area contributed by atoms with Crippen LogP contribution in [0.5, 0.6) is 0 Å². The molecule has 0 spiro atoms. The normalized spacial score (nSPS) is 11.9. The second-order valence-electron chi connectivity index (χ2n) is 6.02. The maximum absolute atomic E-state index is 12.2. The van der Waals surface area contributed by atoms with Gasteiger partial charge < -0.3 is 10.4 Å². The number of nitrogens with zero attached hydrogens (tertiary/aromatic N) is 3. The molecule has 1 unspecified atom stereocenters. The summed E-state index contributed by atoms with van der Waals surface area (Å²) in [7, 11) is 0. The largest absolute Gasteiger partial charge is 0.383 e. The Morgan fingerprint density at radius 2 is 1.96 bits per heavy atom. The molecule has 0 saturated carbocycles. The molecule has 8 heteroatoms. The molecule has 0 aromatic carbocycles. The Kier molecular flexibility index (Phi) is 6.51. The van der Waals surface area contributed by atoms with Gasteiger partial charge >= 0.3 is 0 Å². The third-order valence-electron chi connectivity index (χ3n) is 4.11. The third kappa shape index (κ3) is 5.12. The second kappa shape index (κ2) is 9.25. The SMILES string of the molecule is O=c1[nH]c(NCCCCc2ncccc2Cl)ncc1C(O)c1ccncc1. The average molecular weight is 386 g/mol. The van der Waals surface area contributed by atoms with E-state index in [1.807, 2.05) is 12.1 Å². The van der Waals surface area contributed by atoms with E-state index < -0.39 is 6.10 Å². The summed E-state index contributed by atoms with van der Waals surface area (Å²) < 4.78 is 0. The molecule has 3 aromatic heterocycles. The van der Waals surface area contributed by atoms with Crippen LogP contribution in [-0.4, -0.2) is 31.6 Å². The van der Waals surface area contributed by atoms with Crippen LogP contribution < -0.4 is 10.9 Å². The van der Waals surface area contributed by atoms with Gasteiger partial charge in [-0.3, -0.25) is 19.7 Å². The van der Waals surface area contributed by atoms with Crippen LogP contribution in [0.3, 0.4) is 0 Å². The van der Waals surface area contributed by atoms with Crippen molar-refractivity contribution >= 4 is 17.5 Å². The number of aliphatic hydroxyl groups excluding tert-OH is 1. The van der Waals surface area contributed by atoms with E-state index in [1.54, 1.807) is 30.7 Å². The minimum Gasteiger partial charge on any atom is -0.383 e. The number of halogens is 1. The molecule has 1 atom stereocenters. The quantitative estimate of drug-likeness (QED) is 0.515. The van der Waals surface area contributed by atoms with Gasteiger partial charge in [0.05, 0.1) is 16.3 Å². The van der Waals surface area contributed by atoms with Crippen molar-refractivity contribution in [2.45, 2.75) is 25.4 Å². The molecule has 0 aliphatic rings. The molecule has 0 amide bonds. The Bertz CT molecular complexity index is 933. The zero-order valence-corrected chi connectivity index (χ0v) is 15.4. The highest BCUT2D eigenvalue weighted by Crippen LogP contribution is 2.17. The van der Waals surface area contributed by atoms with Crippen molar-refractivity contribution in [2.24, 2.45) is 0 Å². The lowest BCUT2D eigenvalue weighted by Crippen LogP contribution is -2.20. The van der Waals surface area contributed by atoms with Gasteiger partial charge in [0.15, 0.2) is 0 Å². The first-order valence-corrected chi connectivity index (χ1v) is 9.03. The topological polar surface area (TPSA) is 104 Å². The molecule has 0 radical (unpaired) electrons. The van der Waals surface area contributed by atoms with Gasteiger partial charge in [0.1, 0.15) is 6.10 Å². The fourth-order valence-electron chi connectivity index (χ4n) is 2.64. The van der Waals surface area contributed by atoms with Crippen molar-refractivity contribution in [3.05, 3.63) is 81.3 Å². The summed E-state index contributed by atoms with van der Waals surface area (Å²) >= 11 is 6.08. The number of unbranched alkanes of at least 4 members (excludes halogenated alkanes) is 1. The van der Waals surface area contributed by atoms with E-state index in [9.17, 15) is 9.90 Å². The van der Waals surface area contributed by atoms with Gasteiger partial charge in [-0.2, -0.15) is 0 Å². The summed E-state index contributed by atoms with van der Waals surface area (Å²) in [5.41, 5.74) is 1.29. The molecule has 7 nitrogen and oxygen atoms in total. The number of nitrogens with one attached hydrogen (secondary N) is 2. The maximum atomic E-state index is 12.2. The van der Waals surface area contributed by atoms with Crippen LogP contribution in [0.1, 0.15) is 35.8 Å². The predicted octanol–water partition coefficient (Wildman–Crippen LogP) is 2.73. The van der Waals surface area contributed by atoms with Crippen LogP contribution in [0.2, 0.25) is 5.02 Å². The Labute approximate surface area is 161 Å². The average Bonchev–Trinajstić information content (AvgIpc) is 2.69. The lowest BCUT2D eigenvalue weighted by Gasteiger charge is -2.11. The first kappa shape index (κ1) is 19.0. The number of rotatable bonds is 8. The number of anilines is 1. The highest BCUT2D eigenvalue weighted by molar-refractivity contribution is 6.31. The third-order valence-corrected chi connectivity index (χ3v) is 4.45. The smallest absolute Gasteiger partial charge is 0.258 e. The van der Waals surface area contributed by atoms with Crippen molar-refractivity contribution in [3.8, 4) is 0 Å². The van der Waals surface area contributed by atoms with E-state index in [0.717, 1.165) is 25.0 Å². The molecule has 0 aliphatic carbocycles. The maximum Gasteiger partial charge on any atom is 0.258 e. The molecule has 3 aromatic rings. The molecule has 0 bridgehead atoms. The predicted molar refractivity (Wildman–Crippen MR) is 104 cm³/mol. The summed E-state index contributed by atoms with van der Waals surface area (Å²) in [6.45, 7) is 0.652. The summed E-state index contributed by atoms with van der Waals surface area (Å²) in [4.78, 5) is 27.2. The Hall–Kier alpha value is -2.77. The summed E-state index contributed by atoms with van der Waals surface area (Å²) in [6, 6.07) is 6.96. The molecule has 3 rings (SSSR count). The van der Waals surface area contributed by atoms with Gasteiger partial charge in [-0.1, -0.05) is 11.6 Å². The molecule has 3 N–H and O–H groups in total. The van der Waals surface area contributed by atoms with Crippen LogP contribution in [0, 0.1) is 0 Å². The summed E-state index contributed by atoms with van der Waals surface area (Å²) in [5, 5.41) is 14.1. The molecule has 0 aliphatic heterocycles. The molecule has 0 saturated heterocycles. The number of aliphatic hydroxyl groups is 1. The zero-order chi connectivity index (χ0) is 19.1. The molecular weight excluding hydrogens is 366 g/mol. The molecule has 27 heavy (non-hydrogen) atoms. The van der Waals surface area contributed by atoms with Gasteiger partial charge in [0, 0.05) is 31.3 Å². The minimum atomic E-state index is -1.04. The van der Waals surface area contributed by atoms with E-state index in [-0.39, 0.29) is 11.1 Å². The lowest BCUT2D eigenvalue weighted by atomic mass is 10.1. The second-order valence-corrected chi connectivity index (χ2v) is 6.42. The van der Waals surface area contributed by atoms with Crippen molar-refractivity contribution < 1.29 is 5.11 Å². The fraction of sp³-hybridized carbons (Fsp3) is 0.263. The van der Waals surface area contributed by atoms with Crippen molar-refractivity contribution in [1.29, 1.82) is 0 Å². The number of aromatic amines is 1. The van der Waals surface area contributed by atoms with E-state index in [2.05, 4.69) is 25.3 Å². The number of hydrogen-bond donors (Lipinski definition) is 3. The van der Waals surface area contributed by atoms with Crippen molar-refractivity contribution in [1.82, 2.24) is 19.9 Å². The van der Waals surface area contributed by atoms with E-state index in [4.69, 9.17) is 11.6 Å². The Morgan fingerprint density at radius 3 is 2.70 bits per heavy atom. The van der Waals surface area contributed by atoms with Crippen LogP contribution in [0.25, 0.3) is 0 Å². The van der Waals surface area contributed by atoms with Gasteiger partial charge in [-0.05, 0) is 49.1 Å². The standard InChI is InChI=1S/C19H20ClN5O2/c20-15-4-3-9-22-16(15)5-1-2-8-23-19-24-12-14(18(27)25-19)17(26)13-6-10-21-11-7-13/h3-4,6-7,9-12,17,26H,1-2,5,8H2,(H2,23,24,25,27). The zero-order valence-electron chi connectivity index (χ0n) is 14.6. The first-order valence-electron chi connectivity index (χ1n) is 8.65. The van der Waals surface area contributed by atoms with Crippen LogP contribution in [0.4, 0.5) is 5.95 Å². The number of H-pyrrole nitrogens is 1. The minimum absolute atomic E-state index is 0.191. The summed E-state index contributed by atoms with van der Waals surface area (Å²) in [6.07, 6.45) is 7.78. The molecule has 140 valence electrons. The Morgan fingerprint density at radius 1 is 1.15 bits per heavy atom. The van der Waals surface area contributed by atoms with Crippen LogP contribution >= 0.6 is 11.6 Å². The molecule has 0 fully saturated rings. The molecular formula is C19H20ClN5O2. The van der Waals surface area contributed by atoms with Gasteiger partial charge in [0.2, 0.25) is 5.95 Å². The lowest BCUT2D eigenvalue weighted by molar-refractivity contribution is 0.218. The first-order chi connectivity index (χ1) is 13.1.